The Morgan fingerprint density at radius 2 is 1.77 bits per heavy atom. The van der Waals surface area contributed by atoms with Crippen molar-refractivity contribution in [1.29, 1.82) is 0 Å². The quantitative estimate of drug-likeness (QED) is 0.896. The number of hydrogen-bond donors (Lipinski definition) is 1. The number of carbonyl (C=O) groups excluding carboxylic acids is 1. The van der Waals surface area contributed by atoms with Crippen LogP contribution in [-0.2, 0) is 0 Å². The molecule has 0 bridgehead atoms. The Balaban J connectivity index is 2.09. The predicted octanol–water partition coefficient (Wildman–Crippen LogP) is 4.30. The van der Waals surface area contributed by atoms with E-state index in [1.807, 2.05) is 6.92 Å². The van der Waals surface area contributed by atoms with Crippen molar-refractivity contribution < 1.29 is 9.32 Å². The van der Waals surface area contributed by atoms with Gasteiger partial charge in [0.1, 0.15) is 11.3 Å². The third-order valence-corrected chi connectivity index (χ3v) is 4.23. The molecule has 0 aliphatic carbocycles. The molecule has 0 radical (unpaired) electrons. The molecule has 2 atom stereocenters. The Hall–Kier alpha value is -2.10. The second kappa shape index (κ2) is 6.77. The average Bonchev–Trinajstić information content (AvgIpc) is 2.85. The van der Waals surface area contributed by atoms with Crippen LogP contribution in [0.3, 0.4) is 0 Å². The molecule has 1 N–H and O–H groups in total. The lowest BCUT2D eigenvalue weighted by Gasteiger charge is -2.16. The molecule has 118 valence electrons. The zero-order valence-corrected chi connectivity index (χ0v) is 13.9. The van der Waals surface area contributed by atoms with Gasteiger partial charge < -0.3 is 9.84 Å². The first-order valence-electron chi connectivity index (χ1n) is 7.77. The zero-order valence-electron chi connectivity index (χ0n) is 13.9. The number of carbonyl (C=O) groups is 1. The standard InChI is InChI=1S/C18H24N2O2/c1-6-11(2)15-7-9-16(10-8-15)12(3)19-18(21)17-13(4)20-22-14(17)5/h7-12H,6H2,1-5H3,(H,19,21). The van der Waals surface area contributed by atoms with Crippen LogP contribution in [0.5, 0.6) is 0 Å². The van der Waals surface area contributed by atoms with Gasteiger partial charge in [0.05, 0.1) is 11.7 Å². The Kier molecular flexibility index (Phi) is 5.01. The molecule has 0 saturated carbocycles. The van der Waals surface area contributed by atoms with Gasteiger partial charge >= 0.3 is 0 Å². The summed E-state index contributed by atoms with van der Waals surface area (Å²) in [6.07, 6.45) is 1.12. The van der Waals surface area contributed by atoms with Crippen molar-refractivity contribution in [3.8, 4) is 0 Å². The van der Waals surface area contributed by atoms with Gasteiger partial charge in [-0.1, -0.05) is 43.3 Å². The maximum Gasteiger partial charge on any atom is 0.257 e. The molecule has 1 amide bonds. The first-order valence-corrected chi connectivity index (χ1v) is 7.77. The summed E-state index contributed by atoms with van der Waals surface area (Å²) < 4.78 is 5.05. The molecule has 2 rings (SSSR count). The van der Waals surface area contributed by atoms with Crippen molar-refractivity contribution in [2.45, 2.75) is 53.0 Å². The van der Waals surface area contributed by atoms with Crippen molar-refractivity contribution in [3.05, 3.63) is 52.4 Å². The van der Waals surface area contributed by atoms with Crippen LogP contribution in [0.15, 0.2) is 28.8 Å². The maximum absolute atomic E-state index is 12.3. The van der Waals surface area contributed by atoms with Gasteiger partial charge in [-0.2, -0.15) is 0 Å². The third kappa shape index (κ3) is 3.38. The normalized spacial score (nSPS) is 13.7. The zero-order chi connectivity index (χ0) is 16.3. The molecule has 1 aromatic heterocycles. The molecule has 4 nitrogen and oxygen atoms in total. The monoisotopic (exact) mass is 300 g/mol. The molecule has 2 aromatic rings. The van der Waals surface area contributed by atoms with E-state index in [0.717, 1.165) is 12.0 Å². The number of aryl methyl sites for hydroxylation is 2. The van der Waals surface area contributed by atoms with Crippen LogP contribution in [0, 0.1) is 13.8 Å². The van der Waals surface area contributed by atoms with Crippen molar-refractivity contribution in [2.75, 3.05) is 0 Å². The minimum Gasteiger partial charge on any atom is -0.361 e. The van der Waals surface area contributed by atoms with Crippen LogP contribution < -0.4 is 5.32 Å². The van der Waals surface area contributed by atoms with E-state index in [1.54, 1.807) is 13.8 Å². The Morgan fingerprint density at radius 3 is 2.27 bits per heavy atom. The minimum absolute atomic E-state index is 0.0628. The summed E-state index contributed by atoms with van der Waals surface area (Å²) in [4.78, 5) is 12.3. The van der Waals surface area contributed by atoms with Crippen molar-refractivity contribution >= 4 is 5.91 Å². The molecule has 0 aliphatic rings. The van der Waals surface area contributed by atoms with Gasteiger partial charge in [0.2, 0.25) is 0 Å². The Morgan fingerprint density at radius 1 is 1.18 bits per heavy atom. The molecule has 0 fully saturated rings. The minimum atomic E-state index is -0.144. The van der Waals surface area contributed by atoms with E-state index in [1.165, 1.54) is 5.56 Å². The van der Waals surface area contributed by atoms with E-state index in [4.69, 9.17) is 4.52 Å². The van der Waals surface area contributed by atoms with E-state index >= 15 is 0 Å². The fourth-order valence-electron chi connectivity index (χ4n) is 2.51. The molecular weight excluding hydrogens is 276 g/mol. The van der Waals surface area contributed by atoms with Gasteiger partial charge in [-0.05, 0) is 44.2 Å². The van der Waals surface area contributed by atoms with Crippen LogP contribution in [0.2, 0.25) is 0 Å². The Labute approximate surface area is 131 Å². The van der Waals surface area contributed by atoms with Crippen molar-refractivity contribution in [1.82, 2.24) is 10.5 Å². The fraction of sp³-hybridized carbons (Fsp3) is 0.444. The number of nitrogens with zero attached hydrogens (tertiary/aromatic N) is 1. The summed E-state index contributed by atoms with van der Waals surface area (Å²) in [5.41, 5.74) is 3.57. The van der Waals surface area contributed by atoms with Gasteiger partial charge in [0, 0.05) is 0 Å². The SMILES string of the molecule is CCC(C)c1ccc(C(C)NC(=O)c2c(C)noc2C)cc1. The number of aromatic nitrogens is 1. The molecule has 2 unspecified atom stereocenters. The summed E-state index contributed by atoms with van der Waals surface area (Å²) in [7, 11) is 0. The number of rotatable bonds is 5. The number of nitrogens with one attached hydrogen (secondary N) is 1. The van der Waals surface area contributed by atoms with Crippen LogP contribution in [0.25, 0.3) is 0 Å². The Bertz CT molecular complexity index is 624. The van der Waals surface area contributed by atoms with Gasteiger partial charge in [-0.25, -0.2) is 0 Å². The molecule has 22 heavy (non-hydrogen) atoms. The number of amides is 1. The smallest absolute Gasteiger partial charge is 0.257 e. The van der Waals surface area contributed by atoms with E-state index in [-0.39, 0.29) is 11.9 Å². The maximum atomic E-state index is 12.3. The van der Waals surface area contributed by atoms with Crippen LogP contribution in [0.4, 0.5) is 0 Å². The summed E-state index contributed by atoms with van der Waals surface area (Å²) in [5.74, 6) is 0.963. The van der Waals surface area contributed by atoms with E-state index in [9.17, 15) is 4.79 Å². The molecule has 1 aromatic carbocycles. The summed E-state index contributed by atoms with van der Waals surface area (Å²) >= 11 is 0. The van der Waals surface area contributed by atoms with E-state index in [0.29, 0.717) is 22.9 Å². The average molecular weight is 300 g/mol. The highest BCUT2D eigenvalue weighted by molar-refractivity contribution is 5.96. The third-order valence-electron chi connectivity index (χ3n) is 4.23. The first kappa shape index (κ1) is 16.3. The van der Waals surface area contributed by atoms with E-state index < -0.39 is 0 Å². The van der Waals surface area contributed by atoms with E-state index in [2.05, 4.69) is 48.6 Å². The molecular formula is C18H24N2O2. The van der Waals surface area contributed by atoms with Crippen LogP contribution in [0.1, 0.15) is 72.1 Å². The lowest BCUT2D eigenvalue weighted by atomic mass is 9.96. The molecule has 1 heterocycles. The second-order valence-electron chi connectivity index (χ2n) is 5.87. The van der Waals surface area contributed by atoms with Gasteiger partial charge in [-0.3, -0.25) is 4.79 Å². The highest BCUT2D eigenvalue weighted by Crippen LogP contribution is 2.22. The molecule has 4 heteroatoms. The number of hydrogen-bond acceptors (Lipinski definition) is 3. The topological polar surface area (TPSA) is 55.1 Å². The summed E-state index contributed by atoms with van der Waals surface area (Å²) in [5, 5.41) is 6.83. The number of benzene rings is 1. The molecule has 0 spiro atoms. The highest BCUT2D eigenvalue weighted by atomic mass is 16.5. The lowest BCUT2D eigenvalue weighted by molar-refractivity contribution is 0.0938. The second-order valence-corrected chi connectivity index (χ2v) is 5.87. The van der Waals surface area contributed by atoms with Crippen LogP contribution >= 0.6 is 0 Å². The fourth-order valence-corrected chi connectivity index (χ4v) is 2.51. The van der Waals surface area contributed by atoms with Gasteiger partial charge in [0.25, 0.3) is 5.91 Å². The van der Waals surface area contributed by atoms with Crippen molar-refractivity contribution in [2.24, 2.45) is 0 Å². The largest absolute Gasteiger partial charge is 0.361 e. The van der Waals surface area contributed by atoms with Crippen molar-refractivity contribution in [3.63, 3.8) is 0 Å². The molecule has 0 aliphatic heterocycles. The predicted molar refractivity (Wildman–Crippen MR) is 87.0 cm³/mol. The van der Waals surface area contributed by atoms with Gasteiger partial charge in [0.15, 0.2) is 0 Å². The summed E-state index contributed by atoms with van der Waals surface area (Å²) in [6.45, 7) is 9.91. The highest BCUT2D eigenvalue weighted by Gasteiger charge is 2.19. The molecule has 0 saturated heterocycles. The lowest BCUT2D eigenvalue weighted by Crippen LogP contribution is -2.27. The van der Waals surface area contributed by atoms with Crippen LogP contribution in [-0.4, -0.2) is 11.1 Å². The summed E-state index contributed by atoms with van der Waals surface area (Å²) in [6, 6.07) is 8.39. The van der Waals surface area contributed by atoms with Gasteiger partial charge in [-0.15, -0.1) is 0 Å². The first-order chi connectivity index (χ1) is 10.4.